The number of ether oxygens (including phenoxy) is 3. The van der Waals surface area contributed by atoms with E-state index in [1.54, 1.807) is 6.07 Å². The third kappa shape index (κ3) is 5.10. The number of carbonyl (C=O) groups is 4. The van der Waals surface area contributed by atoms with Crippen LogP contribution in [-0.2, 0) is 14.3 Å². The minimum atomic E-state index is -0.711. The van der Waals surface area contributed by atoms with E-state index in [9.17, 15) is 23.6 Å². The van der Waals surface area contributed by atoms with E-state index in [1.807, 2.05) is 0 Å². The van der Waals surface area contributed by atoms with Crippen molar-refractivity contribution < 1.29 is 37.8 Å². The highest BCUT2D eigenvalue weighted by atomic mass is 32.2. The molecule has 0 spiro atoms. The fourth-order valence-electron chi connectivity index (χ4n) is 2.58. The maximum atomic E-state index is 13.0. The van der Waals surface area contributed by atoms with Gasteiger partial charge in [-0.1, -0.05) is 6.07 Å². The second kappa shape index (κ2) is 9.43. The fourth-order valence-corrected chi connectivity index (χ4v) is 3.42. The van der Waals surface area contributed by atoms with Gasteiger partial charge in [0.2, 0.25) is 0 Å². The molecular weight excluding hydrogens is 429 g/mol. The molecule has 0 atom stereocenters. The zero-order valence-electron chi connectivity index (χ0n) is 16.4. The molecule has 31 heavy (non-hydrogen) atoms. The van der Waals surface area contributed by atoms with Gasteiger partial charge >= 0.3 is 11.9 Å². The van der Waals surface area contributed by atoms with Gasteiger partial charge in [-0.2, -0.15) is 0 Å². The predicted molar refractivity (Wildman–Crippen MR) is 109 cm³/mol. The summed E-state index contributed by atoms with van der Waals surface area (Å²) in [6, 6.07) is 9.41. The van der Waals surface area contributed by atoms with Gasteiger partial charge in [0.15, 0.2) is 11.5 Å². The van der Waals surface area contributed by atoms with Crippen LogP contribution < -0.4 is 9.47 Å². The Balaban J connectivity index is 1.79. The maximum Gasteiger partial charge on any atom is 0.343 e. The highest BCUT2D eigenvalue weighted by Gasteiger charge is 2.36. The zero-order valence-corrected chi connectivity index (χ0v) is 17.2. The molecule has 1 aliphatic heterocycles. The van der Waals surface area contributed by atoms with E-state index in [2.05, 4.69) is 4.74 Å². The minimum absolute atomic E-state index is 0.118. The minimum Gasteiger partial charge on any atom is -0.493 e. The molecule has 0 saturated carbocycles. The van der Waals surface area contributed by atoms with E-state index in [0.717, 1.165) is 24.1 Å². The van der Waals surface area contributed by atoms with Crippen molar-refractivity contribution in [3.63, 3.8) is 0 Å². The monoisotopic (exact) mass is 445 g/mol. The van der Waals surface area contributed by atoms with Crippen LogP contribution in [0.2, 0.25) is 0 Å². The van der Waals surface area contributed by atoms with Gasteiger partial charge in [-0.3, -0.25) is 19.3 Å². The van der Waals surface area contributed by atoms with Gasteiger partial charge in [-0.25, -0.2) is 9.18 Å². The molecule has 1 saturated heterocycles. The van der Waals surface area contributed by atoms with Gasteiger partial charge in [-0.05, 0) is 59.8 Å². The normalized spacial score (nSPS) is 14.7. The first-order valence-corrected chi connectivity index (χ1v) is 9.62. The van der Waals surface area contributed by atoms with Crippen LogP contribution in [0.3, 0.4) is 0 Å². The molecule has 160 valence electrons. The summed E-state index contributed by atoms with van der Waals surface area (Å²) in [6.45, 7) is -0.472. The smallest absolute Gasteiger partial charge is 0.343 e. The van der Waals surface area contributed by atoms with E-state index in [0.29, 0.717) is 17.3 Å². The van der Waals surface area contributed by atoms with Crippen LogP contribution in [0.5, 0.6) is 11.5 Å². The fraction of sp³-hybridized carbons (Fsp3) is 0.143. The first-order chi connectivity index (χ1) is 14.8. The maximum absolute atomic E-state index is 13.0. The molecule has 8 nitrogen and oxygen atoms in total. The van der Waals surface area contributed by atoms with Crippen LogP contribution in [0.25, 0.3) is 6.08 Å². The van der Waals surface area contributed by atoms with Gasteiger partial charge in [0.25, 0.3) is 11.1 Å². The molecule has 1 heterocycles. The standard InChI is InChI=1S/C21H16FNO7S/c1-28-16-9-12(10-17-19(25)23(21(27)31-17)11-18(24)29-2)3-8-15(16)30-20(26)13-4-6-14(22)7-5-13/h3-10H,11H2,1-2H3/b17-10-. The Morgan fingerprint density at radius 1 is 1.06 bits per heavy atom. The SMILES string of the molecule is COC(=O)CN1C(=O)S/C(=C\c2ccc(OC(=O)c3ccc(F)cc3)c(OC)c2)C1=O. The summed E-state index contributed by atoms with van der Waals surface area (Å²) < 4.78 is 28.0. The van der Waals surface area contributed by atoms with Crippen molar-refractivity contribution in [3.05, 3.63) is 64.3 Å². The number of thioether (sulfide) groups is 1. The van der Waals surface area contributed by atoms with Crippen LogP contribution >= 0.6 is 11.8 Å². The second-order valence-electron chi connectivity index (χ2n) is 6.15. The summed E-state index contributed by atoms with van der Waals surface area (Å²) >= 11 is 0.690. The molecule has 0 bridgehead atoms. The lowest BCUT2D eigenvalue weighted by atomic mass is 10.1. The largest absolute Gasteiger partial charge is 0.493 e. The van der Waals surface area contributed by atoms with Crippen molar-refractivity contribution in [3.8, 4) is 11.5 Å². The molecule has 0 N–H and O–H groups in total. The number of hydrogen-bond donors (Lipinski definition) is 0. The summed E-state index contributed by atoms with van der Waals surface area (Å²) in [6.07, 6.45) is 1.45. The lowest BCUT2D eigenvalue weighted by Gasteiger charge is -2.11. The van der Waals surface area contributed by atoms with Crippen LogP contribution in [0.1, 0.15) is 15.9 Å². The molecule has 0 aliphatic carbocycles. The Hall–Kier alpha value is -3.66. The van der Waals surface area contributed by atoms with Crippen molar-refractivity contribution in [2.75, 3.05) is 20.8 Å². The molecule has 0 aromatic heterocycles. The number of methoxy groups -OCH3 is 2. The van der Waals surface area contributed by atoms with Gasteiger partial charge in [0, 0.05) is 0 Å². The average molecular weight is 445 g/mol. The topological polar surface area (TPSA) is 99.2 Å². The van der Waals surface area contributed by atoms with E-state index in [-0.39, 0.29) is 22.0 Å². The molecular formula is C21H16FNO7S. The number of hydrogen-bond acceptors (Lipinski definition) is 8. The first kappa shape index (κ1) is 22.0. The van der Waals surface area contributed by atoms with Crippen molar-refractivity contribution in [2.45, 2.75) is 0 Å². The molecule has 0 radical (unpaired) electrons. The Morgan fingerprint density at radius 2 is 1.77 bits per heavy atom. The van der Waals surface area contributed by atoms with E-state index in [4.69, 9.17) is 9.47 Å². The second-order valence-corrected chi connectivity index (χ2v) is 7.14. The van der Waals surface area contributed by atoms with Crippen molar-refractivity contribution in [1.82, 2.24) is 4.90 Å². The zero-order chi connectivity index (χ0) is 22.5. The van der Waals surface area contributed by atoms with E-state index in [1.165, 1.54) is 37.5 Å². The third-order valence-corrected chi connectivity index (χ3v) is 5.06. The third-order valence-electron chi connectivity index (χ3n) is 4.16. The number of benzene rings is 2. The number of amides is 2. The van der Waals surface area contributed by atoms with Gasteiger partial charge < -0.3 is 14.2 Å². The van der Waals surface area contributed by atoms with Crippen LogP contribution in [0, 0.1) is 5.82 Å². The van der Waals surface area contributed by atoms with Gasteiger partial charge in [0.1, 0.15) is 12.4 Å². The number of esters is 2. The average Bonchev–Trinajstić information content (AvgIpc) is 3.02. The lowest BCUT2D eigenvalue weighted by molar-refractivity contribution is -0.143. The van der Waals surface area contributed by atoms with Crippen molar-refractivity contribution in [1.29, 1.82) is 0 Å². The number of halogens is 1. The summed E-state index contributed by atoms with van der Waals surface area (Å²) in [5.41, 5.74) is 0.661. The molecule has 2 aromatic rings. The Bertz CT molecular complexity index is 1080. The summed E-state index contributed by atoms with van der Waals surface area (Å²) in [5.74, 6) is -2.18. The summed E-state index contributed by atoms with van der Waals surface area (Å²) in [5, 5.41) is -0.585. The lowest BCUT2D eigenvalue weighted by Crippen LogP contribution is -2.34. The molecule has 3 rings (SSSR count). The molecule has 1 fully saturated rings. The molecule has 10 heteroatoms. The summed E-state index contributed by atoms with van der Waals surface area (Å²) in [7, 11) is 2.53. The number of rotatable bonds is 6. The predicted octanol–water partition coefficient (Wildman–Crippen LogP) is 3.26. The number of carbonyl (C=O) groups excluding carboxylic acids is 4. The first-order valence-electron chi connectivity index (χ1n) is 8.80. The Morgan fingerprint density at radius 3 is 2.42 bits per heavy atom. The summed E-state index contributed by atoms with van der Waals surface area (Å²) in [4.78, 5) is 48.9. The van der Waals surface area contributed by atoms with E-state index < -0.39 is 35.4 Å². The van der Waals surface area contributed by atoms with E-state index >= 15 is 0 Å². The van der Waals surface area contributed by atoms with Crippen LogP contribution in [0.15, 0.2) is 47.4 Å². The highest BCUT2D eigenvalue weighted by molar-refractivity contribution is 8.18. The highest BCUT2D eigenvalue weighted by Crippen LogP contribution is 2.34. The van der Waals surface area contributed by atoms with Crippen LogP contribution in [0.4, 0.5) is 9.18 Å². The molecule has 0 unspecified atom stereocenters. The Labute approximate surface area is 180 Å². The number of imide groups is 1. The number of nitrogens with zero attached hydrogens (tertiary/aromatic N) is 1. The Kier molecular flexibility index (Phi) is 6.71. The quantitative estimate of drug-likeness (QED) is 0.380. The molecule has 2 aromatic carbocycles. The van der Waals surface area contributed by atoms with Crippen LogP contribution in [-0.4, -0.2) is 48.7 Å². The van der Waals surface area contributed by atoms with Gasteiger partial charge in [0.05, 0.1) is 24.7 Å². The molecule has 1 aliphatic rings. The molecule has 2 amide bonds. The van der Waals surface area contributed by atoms with Crippen molar-refractivity contribution in [2.24, 2.45) is 0 Å². The van der Waals surface area contributed by atoms with Crippen molar-refractivity contribution >= 4 is 40.9 Å². The van der Waals surface area contributed by atoms with Gasteiger partial charge in [-0.15, -0.1) is 0 Å².